The highest BCUT2D eigenvalue weighted by Gasteiger charge is 2.53. The van der Waals surface area contributed by atoms with Crippen molar-refractivity contribution >= 4 is 12.0 Å². The number of hydrogen-bond acceptors (Lipinski definition) is 3. The Morgan fingerprint density at radius 1 is 1.25 bits per heavy atom. The van der Waals surface area contributed by atoms with Gasteiger partial charge in [-0.25, -0.2) is 0 Å². The average Bonchev–Trinajstić information content (AvgIpc) is 2.86. The second-order valence-corrected chi connectivity index (χ2v) is 7.91. The number of pyridine rings is 1. The largest absolute Gasteiger partial charge is 0.462 e. The minimum absolute atomic E-state index is 0.0450. The van der Waals surface area contributed by atoms with Crippen molar-refractivity contribution in [2.24, 2.45) is 29.6 Å². The molecule has 0 amide bonds. The number of aromatic nitrogens is 1. The van der Waals surface area contributed by atoms with E-state index in [-0.39, 0.29) is 18.0 Å². The molecule has 24 heavy (non-hydrogen) atoms. The Morgan fingerprint density at radius 2 is 2.08 bits per heavy atom. The zero-order chi connectivity index (χ0) is 16.7. The van der Waals surface area contributed by atoms with Gasteiger partial charge in [0.15, 0.2) is 0 Å². The van der Waals surface area contributed by atoms with Crippen LogP contribution >= 0.6 is 0 Å². The van der Waals surface area contributed by atoms with E-state index in [0.717, 1.165) is 17.8 Å². The van der Waals surface area contributed by atoms with Gasteiger partial charge >= 0.3 is 5.97 Å². The summed E-state index contributed by atoms with van der Waals surface area (Å²) < 4.78 is 5.63. The van der Waals surface area contributed by atoms with Gasteiger partial charge in [0.2, 0.25) is 0 Å². The molecule has 3 fully saturated rings. The molecule has 3 aliphatic rings. The van der Waals surface area contributed by atoms with E-state index in [0.29, 0.717) is 23.7 Å². The van der Waals surface area contributed by atoms with Crippen LogP contribution in [0, 0.1) is 36.5 Å². The second-order valence-electron chi connectivity index (χ2n) is 7.91. The van der Waals surface area contributed by atoms with Crippen LogP contribution in [0.25, 0.3) is 6.08 Å². The highest BCUT2D eigenvalue weighted by molar-refractivity contribution is 5.75. The Morgan fingerprint density at radius 3 is 2.92 bits per heavy atom. The molecule has 3 nitrogen and oxygen atoms in total. The molecule has 0 radical (unpaired) electrons. The van der Waals surface area contributed by atoms with Crippen molar-refractivity contribution in [3.05, 3.63) is 35.7 Å². The topological polar surface area (TPSA) is 39.2 Å². The molecule has 1 aliphatic heterocycles. The predicted octanol–water partition coefficient (Wildman–Crippen LogP) is 4.41. The third-order valence-corrected chi connectivity index (χ3v) is 6.47. The summed E-state index contributed by atoms with van der Waals surface area (Å²) >= 11 is 0. The molecule has 2 aliphatic carbocycles. The lowest BCUT2D eigenvalue weighted by atomic mass is 9.57. The standard InChI is InChI=1S/C21H27NO2/c1-13-6-5-8-16(22-13)10-11-18-17-9-4-3-7-15(17)12-19-20(18)14(2)24-21(19)23/h5-6,8,10-11,14-15,17-20H,3-4,7,9,12H2,1-2H3/b11-10+/t14-,15+,17-,18+,19-,20+/m1/s1. The van der Waals surface area contributed by atoms with Gasteiger partial charge in [-0.1, -0.05) is 31.4 Å². The van der Waals surface area contributed by atoms with Crippen LogP contribution < -0.4 is 0 Å². The number of ether oxygens (including phenoxy) is 1. The van der Waals surface area contributed by atoms with E-state index in [1.807, 2.05) is 13.0 Å². The van der Waals surface area contributed by atoms with Gasteiger partial charge in [0, 0.05) is 11.6 Å². The number of carbonyl (C=O) groups excluding carboxylic acids is 1. The summed E-state index contributed by atoms with van der Waals surface area (Å²) in [6.07, 6.45) is 10.8. The normalized spacial score (nSPS) is 38.7. The molecule has 2 heterocycles. The fourth-order valence-corrected chi connectivity index (χ4v) is 5.45. The number of carbonyl (C=O) groups is 1. The number of rotatable bonds is 2. The monoisotopic (exact) mass is 325 g/mol. The third-order valence-electron chi connectivity index (χ3n) is 6.47. The molecule has 3 heteroatoms. The predicted molar refractivity (Wildman–Crippen MR) is 94.1 cm³/mol. The van der Waals surface area contributed by atoms with Crippen LogP contribution in [0.1, 0.15) is 50.4 Å². The summed E-state index contributed by atoms with van der Waals surface area (Å²) in [5.74, 6) is 2.34. The van der Waals surface area contributed by atoms with Crippen molar-refractivity contribution in [1.29, 1.82) is 0 Å². The molecule has 1 aromatic rings. The van der Waals surface area contributed by atoms with Crippen molar-refractivity contribution < 1.29 is 9.53 Å². The van der Waals surface area contributed by atoms with Crippen LogP contribution in [0.5, 0.6) is 0 Å². The Hall–Kier alpha value is -1.64. The van der Waals surface area contributed by atoms with Crippen molar-refractivity contribution in [1.82, 2.24) is 4.98 Å². The lowest BCUT2D eigenvalue weighted by molar-refractivity contribution is -0.144. The average molecular weight is 325 g/mol. The number of hydrogen-bond donors (Lipinski definition) is 0. The van der Waals surface area contributed by atoms with E-state index >= 15 is 0 Å². The van der Waals surface area contributed by atoms with E-state index in [2.05, 4.69) is 36.2 Å². The molecule has 0 N–H and O–H groups in total. The number of fused-ring (bicyclic) bond motifs is 2. The van der Waals surface area contributed by atoms with Gasteiger partial charge in [-0.15, -0.1) is 0 Å². The molecule has 1 saturated heterocycles. The number of nitrogens with zero attached hydrogens (tertiary/aromatic N) is 1. The maximum Gasteiger partial charge on any atom is 0.309 e. The number of aryl methyl sites for hydroxylation is 1. The minimum atomic E-state index is 0.0450. The van der Waals surface area contributed by atoms with Gasteiger partial charge in [-0.2, -0.15) is 0 Å². The van der Waals surface area contributed by atoms with Crippen LogP contribution in [0.15, 0.2) is 24.3 Å². The lowest BCUT2D eigenvalue weighted by Crippen LogP contribution is -2.42. The van der Waals surface area contributed by atoms with Gasteiger partial charge < -0.3 is 4.74 Å². The smallest absolute Gasteiger partial charge is 0.309 e. The van der Waals surface area contributed by atoms with Crippen molar-refractivity contribution in [3.63, 3.8) is 0 Å². The summed E-state index contributed by atoms with van der Waals surface area (Å²) in [5.41, 5.74) is 2.06. The molecular weight excluding hydrogens is 298 g/mol. The van der Waals surface area contributed by atoms with Gasteiger partial charge in [0.1, 0.15) is 6.10 Å². The molecule has 6 atom stereocenters. The van der Waals surface area contributed by atoms with E-state index in [4.69, 9.17) is 4.74 Å². The van der Waals surface area contributed by atoms with Crippen LogP contribution in [0.3, 0.4) is 0 Å². The first-order chi connectivity index (χ1) is 11.6. The van der Waals surface area contributed by atoms with E-state index in [1.165, 1.54) is 25.7 Å². The second kappa shape index (κ2) is 6.34. The number of cyclic esters (lactones) is 1. The summed E-state index contributed by atoms with van der Waals surface area (Å²) in [6, 6.07) is 6.14. The highest BCUT2D eigenvalue weighted by atomic mass is 16.6. The summed E-state index contributed by atoms with van der Waals surface area (Å²) in [5, 5.41) is 0. The minimum Gasteiger partial charge on any atom is -0.462 e. The number of allylic oxidation sites excluding steroid dienone is 1. The molecule has 0 spiro atoms. The Labute approximate surface area is 144 Å². The van der Waals surface area contributed by atoms with Crippen molar-refractivity contribution in [2.45, 2.75) is 52.1 Å². The molecule has 128 valence electrons. The van der Waals surface area contributed by atoms with Gasteiger partial charge in [-0.3, -0.25) is 9.78 Å². The van der Waals surface area contributed by atoms with Crippen LogP contribution in [0.4, 0.5) is 0 Å². The Balaban J connectivity index is 1.64. The molecule has 1 aromatic heterocycles. The van der Waals surface area contributed by atoms with E-state index < -0.39 is 0 Å². The molecule has 0 bridgehead atoms. The summed E-state index contributed by atoms with van der Waals surface area (Å²) in [7, 11) is 0. The fourth-order valence-electron chi connectivity index (χ4n) is 5.45. The third kappa shape index (κ3) is 2.78. The van der Waals surface area contributed by atoms with Crippen LogP contribution in [-0.2, 0) is 9.53 Å². The molecule has 2 saturated carbocycles. The highest BCUT2D eigenvalue weighted by Crippen LogP contribution is 2.53. The first kappa shape index (κ1) is 15.9. The van der Waals surface area contributed by atoms with Crippen molar-refractivity contribution in [2.75, 3.05) is 0 Å². The van der Waals surface area contributed by atoms with Crippen LogP contribution in [-0.4, -0.2) is 17.1 Å². The SMILES string of the molecule is Cc1cccc(/C=C/[C@H]2[C@@H]3CCCC[C@H]3C[C@H]3C(=O)O[C@H](C)[C@@H]23)n1. The maximum absolute atomic E-state index is 12.3. The molecular formula is C21H27NO2. The summed E-state index contributed by atoms with van der Waals surface area (Å²) in [6.45, 7) is 4.11. The zero-order valence-corrected chi connectivity index (χ0v) is 14.7. The molecule has 0 unspecified atom stereocenters. The van der Waals surface area contributed by atoms with Gasteiger partial charge in [0.25, 0.3) is 0 Å². The maximum atomic E-state index is 12.3. The lowest BCUT2D eigenvalue weighted by Gasteiger charge is -2.45. The first-order valence-electron chi connectivity index (χ1n) is 9.46. The first-order valence-corrected chi connectivity index (χ1v) is 9.46. The number of esters is 1. The van der Waals surface area contributed by atoms with E-state index in [1.54, 1.807) is 0 Å². The fraction of sp³-hybridized carbons (Fsp3) is 0.619. The van der Waals surface area contributed by atoms with Gasteiger partial charge in [-0.05, 0) is 62.7 Å². The van der Waals surface area contributed by atoms with Crippen molar-refractivity contribution in [3.8, 4) is 0 Å². The Bertz CT molecular complexity index is 653. The molecule has 4 rings (SSSR count). The van der Waals surface area contributed by atoms with Gasteiger partial charge in [0.05, 0.1) is 11.6 Å². The van der Waals surface area contributed by atoms with E-state index in [9.17, 15) is 4.79 Å². The quantitative estimate of drug-likeness (QED) is 0.756. The zero-order valence-electron chi connectivity index (χ0n) is 14.7. The summed E-state index contributed by atoms with van der Waals surface area (Å²) in [4.78, 5) is 16.9. The van der Waals surface area contributed by atoms with Crippen LogP contribution in [0.2, 0.25) is 0 Å². The Kier molecular flexibility index (Phi) is 4.19. The molecule has 0 aromatic carbocycles.